The van der Waals surface area contributed by atoms with Gasteiger partial charge in [-0.05, 0) is 68.3 Å². The quantitative estimate of drug-likeness (QED) is 0.522. The fourth-order valence-corrected chi connectivity index (χ4v) is 3.64. The van der Waals surface area contributed by atoms with E-state index in [1.165, 1.54) is 12.8 Å². The number of carbonyl (C=O) groups is 1. The van der Waals surface area contributed by atoms with Crippen LogP contribution >= 0.6 is 0 Å². The maximum atomic E-state index is 12.9. The number of rotatable bonds is 8. The van der Waals surface area contributed by atoms with Gasteiger partial charge in [-0.2, -0.15) is 0 Å². The van der Waals surface area contributed by atoms with E-state index in [9.17, 15) is 4.79 Å². The maximum absolute atomic E-state index is 12.9. The van der Waals surface area contributed by atoms with Gasteiger partial charge in [-0.25, -0.2) is 4.98 Å². The Balaban J connectivity index is 1.68. The van der Waals surface area contributed by atoms with Crippen molar-refractivity contribution in [2.75, 3.05) is 55.1 Å². The molecule has 0 atom stereocenters. The SMILES string of the molecule is CNc1ccc(C(=O)Nc2ccc(N(C)C)nn2)c(NCC2CCC(CN)CC2)n1. The predicted molar refractivity (Wildman–Crippen MR) is 121 cm³/mol. The zero-order chi connectivity index (χ0) is 21.5. The first kappa shape index (κ1) is 21.8. The van der Waals surface area contributed by atoms with Crippen LogP contribution in [0.15, 0.2) is 24.3 Å². The van der Waals surface area contributed by atoms with Gasteiger partial charge in [-0.3, -0.25) is 4.79 Å². The summed E-state index contributed by atoms with van der Waals surface area (Å²) in [5, 5.41) is 17.4. The van der Waals surface area contributed by atoms with Crippen LogP contribution < -0.4 is 26.6 Å². The fourth-order valence-electron chi connectivity index (χ4n) is 3.64. The van der Waals surface area contributed by atoms with E-state index in [1.54, 1.807) is 18.2 Å². The summed E-state index contributed by atoms with van der Waals surface area (Å²) in [6, 6.07) is 7.09. The minimum Gasteiger partial charge on any atom is -0.373 e. The molecule has 2 aromatic rings. The van der Waals surface area contributed by atoms with Gasteiger partial charge in [0, 0.05) is 27.7 Å². The number of nitrogens with one attached hydrogen (secondary N) is 3. The number of nitrogens with zero attached hydrogens (tertiary/aromatic N) is 4. The second-order valence-electron chi connectivity index (χ2n) is 7.97. The van der Waals surface area contributed by atoms with Crippen molar-refractivity contribution in [3.63, 3.8) is 0 Å². The Hall–Kier alpha value is -2.94. The fraction of sp³-hybridized carbons (Fsp3) is 0.524. The van der Waals surface area contributed by atoms with Gasteiger partial charge in [-0.15, -0.1) is 10.2 Å². The Morgan fingerprint density at radius 2 is 1.77 bits per heavy atom. The summed E-state index contributed by atoms with van der Waals surface area (Å²) in [5.41, 5.74) is 6.27. The van der Waals surface area contributed by atoms with E-state index in [4.69, 9.17) is 5.73 Å². The third kappa shape index (κ3) is 5.56. The molecule has 1 aliphatic rings. The van der Waals surface area contributed by atoms with Crippen molar-refractivity contribution in [2.24, 2.45) is 17.6 Å². The first-order valence-corrected chi connectivity index (χ1v) is 10.4. The van der Waals surface area contributed by atoms with Crippen molar-refractivity contribution < 1.29 is 4.79 Å². The molecule has 0 aliphatic heterocycles. The monoisotopic (exact) mass is 412 g/mol. The Labute approximate surface area is 177 Å². The molecule has 0 unspecified atom stereocenters. The lowest BCUT2D eigenvalue weighted by atomic mass is 9.82. The molecule has 1 saturated carbocycles. The number of amides is 1. The van der Waals surface area contributed by atoms with Crippen molar-refractivity contribution in [2.45, 2.75) is 25.7 Å². The normalized spacial score (nSPS) is 18.5. The molecule has 1 fully saturated rings. The number of anilines is 4. The predicted octanol–water partition coefficient (Wildman–Crippen LogP) is 2.41. The van der Waals surface area contributed by atoms with Gasteiger partial charge in [0.05, 0.1) is 5.56 Å². The zero-order valence-corrected chi connectivity index (χ0v) is 18.0. The van der Waals surface area contributed by atoms with Crippen molar-refractivity contribution in [1.82, 2.24) is 15.2 Å². The molecule has 162 valence electrons. The second-order valence-corrected chi connectivity index (χ2v) is 7.97. The molecule has 0 aromatic carbocycles. The van der Waals surface area contributed by atoms with E-state index in [2.05, 4.69) is 31.1 Å². The second kappa shape index (κ2) is 10.2. The molecule has 2 heterocycles. The molecule has 0 spiro atoms. The number of aromatic nitrogens is 3. The van der Waals surface area contributed by atoms with Crippen LogP contribution in [-0.4, -0.2) is 55.3 Å². The van der Waals surface area contributed by atoms with Crippen molar-refractivity contribution in [3.8, 4) is 0 Å². The lowest BCUT2D eigenvalue weighted by molar-refractivity contribution is 0.102. The van der Waals surface area contributed by atoms with Crippen LogP contribution in [0.2, 0.25) is 0 Å². The summed E-state index contributed by atoms with van der Waals surface area (Å²) in [5.74, 6) is 3.33. The van der Waals surface area contributed by atoms with Gasteiger partial charge < -0.3 is 26.6 Å². The van der Waals surface area contributed by atoms with E-state index in [1.807, 2.05) is 32.1 Å². The van der Waals surface area contributed by atoms with Crippen molar-refractivity contribution in [3.05, 3.63) is 29.8 Å². The molecule has 9 heteroatoms. The van der Waals surface area contributed by atoms with Crippen LogP contribution in [0.4, 0.5) is 23.3 Å². The van der Waals surface area contributed by atoms with Gasteiger partial charge in [0.15, 0.2) is 11.6 Å². The Bertz CT molecular complexity index is 831. The molecule has 5 N–H and O–H groups in total. The topological polar surface area (TPSA) is 121 Å². The molecule has 0 bridgehead atoms. The zero-order valence-electron chi connectivity index (χ0n) is 18.0. The average Bonchev–Trinajstić information content (AvgIpc) is 2.78. The highest BCUT2D eigenvalue weighted by Gasteiger charge is 2.21. The highest BCUT2D eigenvalue weighted by atomic mass is 16.1. The smallest absolute Gasteiger partial charge is 0.260 e. The molecular formula is C21H32N8O. The van der Waals surface area contributed by atoms with E-state index in [0.29, 0.717) is 34.9 Å². The summed E-state index contributed by atoms with van der Waals surface area (Å²) >= 11 is 0. The number of carbonyl (C=O) groups excluding carboxylic acids is 1. The molecule has 3 rings (SSSR count). The van der Waals surface area contributed by atoms with E-state index in [0.717, 1.165) is 31.7 Å². The number of pyridine rings is 1. The summed E-state index contributed by atoms with van der Waals surface area (Å²) in [7, 11) is 5.58. The Morgan fingerprint density at radius 1 is 1.07 bits per heavy atom. The lowest BCUT2D eigenvalue weighted by Crippen LogP contribution is -2.26. The van der Waals surface area contributed by atoms with Crippen LogP contribution in [0.25, 0.3) is 0 Å². The van der Waals surface area contributed by atoms with Crippen LogP contribution in [0.5, 0.6) is 0 Å². The first-order chi connectivity index (χ1) is 14.5. The lowest BCUT2D eigenvalue weighted by Gasteiger charge is -2.28. The molecule has 0 radical (unpaired) electrons. The minimum absolute atomic E-state index is 0.272. The summed E-state index contributed by atoms with van der Waals surface area (Å²) in [4.78, 5) is 19.3. The van der Waals surface area contributed by atoms with Crippen LogP contribution in [-0.2, 0) is 0 Å². The van der Waals surface area contributed by atoms with E-state index in [-0.39, 0.29) is 5.91 Å². The maximum Gasteiger partial charge on any atom is 0.260 e. The van der Waals surface area contributed by atoms with Crippen LogP contribution in [0.3, 0.4) is 0 Å². The highest BCUT2D eigenvalue weighted by molar-refractivity contribution is 6.07. The molecule has 9 nitrogen and oxygen atoms in total. The number of nitrogens with two attached hydrogens (primary N) is 1. The molecule has 30 heavy (non-hydrogen) atoms. The summed E-state index contributed by atoms with van der Waals surface area (Å²) in [6.45, 7) is 1.56. The molecule has 0 saturated heterocycles. The van der Waals surface area contributed by atoms with Crippen molar-refractivity contribution >= 4 is 29.2 Å². The molecular weight excluding hydrogens is 380 g/mol. The molecule has 1 amide bonds. The number of hydrogen-bond acceptors (Lipinski definition) is 8. The van der Waals surface area contributed by atoms with Crippen molar-refractivity contribution in [1.29, 1.82) is 0 Å². The highest BCUT2D eigenvalue weighted by Crippen LogP contribution is 2.28. The summed E-state index contributed by atoms with van der Waals surface area (Å²) < 4.78 is 0. The largest absolute Gasteiger partial charge is 0.373 e. The van der Waals surface area contributed by atoms with Gasteiger partial charge in [-0.1, -0.05) is 0 Å². The number of hydrogen-bond donors (Lipinski definition) is 4. The third-order valence-electron chi connectivity index (χ3n) is 5.60. The van der Waals surface area contributed by atoms with Gasteiger partial charge in [0.25, 0.3) is 5.91 Å². The Kier molecular flexibility index (Phi) is 7.40. The van der Waals surface area contributed by atoms with Gasteiger partial charge >= 0.3 is 0 Å². The molecule has 1 aliphatic carbocycles. The Morgan fingerprint density at radius 3 is 2.37 bits per heavy atom. The van der Waals surface area contributed by atoms with Gasteiger partial charge in [0.2, 0.25) is 0 Å². The standard InChI is InChI=1S/C21H32N8O/c1-23-17-9-8-16(21(30)26-18-10-11-19(28-27-18)29(2)3)20(25-17)24-13-15-6-4-14(12-22)5-7-15/h8-11,14-15H,4-7,12-13,22H2,1-3H3,(H2,23,24,25)(H,26,27,30). The molecule has 2 aromatic heterocycles. The van der Waals surface area contributed by atoms with Crippen LogP contribution in [0.1, 0.15) is 36.0 Å². The van der Waals surface area contributed by atoms with E-state index < -0.39 is 0 Å². The third-order valence-corrected chi connectivity index (χ3v) is 5.60. The first-order valence-electron chi connectivity index (χ1n) is 10.4. The van der Waals surface area contributed by atoms with Gasteiger partial charge in [0.1, 0.15) is 11.6 Å². The summed E-state index contributed by atoms with van der Waals surface area (Å²) in [6.07, 6.45) is 4.63. The van der Waals surface area contributed by atoms with Crippen LogP contribution in [0, 0.1) is 11.8 Å². The average molecular weight is 413 g/mol. The van der Waals surface area contributed by atoms with E-state index >= 15 is 0 Å². The minimum atomic E-state index is -0.272.